The fourth-order valence-electron chi connectivity index (χ4n) is 2.47. The fourth-order valence-corrected chi connectivity index (χ4v) is 3.73. The molecule has 1 saturated heterocycles. The van der Waals surface area contributed by atoms with E-state index in [4.69, 9.17) is 10.5 Å². The zero-order valence-electron chi connectivity index (χ0n) is 12.6. The summed E-state index contributed by atoms with van der Waals surface area (Å²) in [5.41, 5.74) is 6.77. The van der Waals surface area contributed by atoms with E-state index >= 15 is 0 Å². The lowest BCUT2D eigenvalue weighted by atomic mass is 10.1. The number of hydrogen-bond donors (Lipinski definition) is 2. The van der Waals surface area contributed by atoms with Crippen molar-refractivity contribution in [3.8, 4) is 0 Å². The predicted molar refractivity (Wildman–Crippen MR) is 84.4 cm³/mol. The highest BCUT2D eigenvalue weighted by atomic mass is 32.1. The molecule has 1 aliphatic rings. The van der Waals surface area contributed by atoms with Crippen LogP contribution in [0, 0.1) is 0 Å². The number of thiophene rings is 1. The van der Waals surface area contributed by atoms with Crippen LogP contribution in [0.3, 0.4) is 0 Å². The quantitative estimate of drug-likeness (QED) is 0.805. The van der Waals surface area contributed by atoms with Crippen molar-refractivity contribution in [2.24, 2.45) is 0 Å². The number of nitrogens with zero attached hydrogens (tertiary/aromatic N) is 1. The van der Waals surface area contributed by atoms with E-state index in [1.807, 2.05) is 0 Å². The lowest BCUT2D eigenvalue weighted by molar-refractivity contribution is 0.0964. The first-order valence-electron chi connectivity index (χ1n) is 6.98. The molecule has 1 fully saturated rings. The summed E-state index contributed by atoms with van der Waals surface area (Å²) in [5, 5.41) is 3.37. The minimum absolute atomic E-state index is 0.0311. The molecule has 2 rings (SSSR count). The highest BCUT2D eigenvalue weighted by molar-refractivity contribution is 7.19. The van der Waals surface area contributed by atoms with Crippen LogP contribution in [0.1, 0.15) is 39.8 Å². The van der Waals surface area contributed by atoms with E-state index < -0.39 is 0 Å². The molecule has 7 heteroatoms. The number of nitrogens with one attached hydrogen (secondary N) is 1. The Bertz CT molecular complexity index is 556. The number of hydrogen-bond acceptors (Lipinski definition) is 6. The number of carbonyl (C=O) groups excluding carboxylic acids is 2. The van der Waals surface area contributed by atoms with Crippen molar-refractivity contribution in [1.29, 1.82) is 0 Å². The molecule has 1 amide bonds. The molecule has 116 valence electrons. The van der Waals surface area contributed by atoms with Gasteiger partial charge in [0.2, 0.25) is 0 Å². The number of Topliss-reactive ketones (excluding diaryl/α,β-unsaturated/α-hetero) is 1. The van der Waals surface area contributed by atoms with E-state index in [1.165, 1.54) is 11.3 Å². The highest BCUT2D eigenvalue weighted by Gasteiger charge is 2.31. The first-order valence-corrected chi connectivity index (χ1v) is 7.80. The van der Waals surface area contributed by atoms with Gasteiger partial charge in [0.15, 0.2) is 5.78 Å². The van der Waals surface area contributed by atoms with Gasteiger partial charge in [-0.3, -0.25) is 9.59 Å². The number of carbonyl (C=O) groups is 2. The van der Waals surface area contributed by atoms with Crippen molar-refractivity contribution in [1.82, 2.24) is 5.32 Å². The van der Waals surface area contributed by atoms with E-state index in [-0.39, 0.29) is 17.8 Å². The average Bonchev–Trinajstić information content (AvgIpc) is 3.09. The number of amides is 1. The molecule has 0 bridgehead atoms. The van der Waals surface area contributed by atoms with Crippen molar-refractivity contribution in [3.63, 3.8) is 0 Å². The first kappa shape index (κ1) is 15.8. The van der Waals surface area contributed by atoms with Crippen LogP contribution < -0.4 is 16.0 Å². The second-order valence-electron chi connectivity index (χ2n) is 4.97. The molecule has 0 saturated carbocycles. The maximum atomic E-state index is 12.1. The molecule has 0 radical (unpaired) electrons. The molecular formula is C14H21N3O3S. The Kier molecular flexibility index (Phi) is 4.84. The zero-order valence-corrected chi connectivity index (χ0v) is 13.4. The smallest absolute Gasteiger partial charge is 0.256 e. The molecule has 3 N–H and O–H groups in total. The highest BCUT2D eigenvalue weighted by Crippen LogP contribution is 2.40. The van der Waals surface area contributed by atoms with Crippen LogP contribution in [0.15, 0.2) is 0 Å². The maximum absolute atomic E-state index is 12.1. The lowest BCUT2D eigenvalue weighted by Gasteiger charge is -2.18. The summed E-state index contributed by atoms with van der Waals surface area (Å²) in [6.07, 6.45) is 1.42. The number of methoxy groups -OCH3 is 1. The van der Waals surface area contributed by atoms with Crippen molar-refractivity contribution in [3.05, 3.63) is 10.4 Å². The second-order valence-corrected chi connectivity index (χ2v) is 5.97. The van der Waals surface area contributed by atoms with E-state index in [0.29, 0.717) is 29.1 Å². The Labute approximate surface area is 128 Å². The molecule has 0 aliphatic carbocycles. The van der Waals surface area contributed by atoms with Gasteiger partial charge in [0, 0.05) is 33.7 Å². The molecule has 1 aromatic rings. The Hall–Kier alpha value is -1.60. The van der Waals surface area contributed by atoms with Gasteiger partial charge in [-0.1, -0.05) is 6.92 Å². The Morgan fingerprint density at radius 1 is 1.52 bits per heavy atom. The molecular weight excluding hydrogens is 290 g/mol. The minimum Gasteiger partial charge on any atom is -0.397 e. The van der Waals surface area contributed by atoms with Gasteiger partial charge >= 0.3 is 0 Å². The predicted octanol–water partition coefficient (Wildman–Crippen LogP) is 1.51. The largest absolute Gasteiger partial charge is 0.397 e. The Morgan fingerprint density at radius 3 is 2.76 bits per heavy atom. The lowest BCUT2D eigenvalue weighted by Crippen LogP contribution is -2.26. The molecule has 0 spiro atoms. The Balaban J connectivity index is 2.44. The molecule has 1 aliphatic heterocycles. The molecule has 1 aromatic heterocycles. The van der Waals surface area contributed by atoms with E-state index in [0.717, 1.165) is 18.0 Å². The molecule has 0 aromatic carbocycles. The minimum atomic E-state index is -0.255. The summed E-state index contributed by atoms with van der Waals surface area (Å²) in [4.78, 5) is 26.7. The normalized spacial score (nSPS) is 18.0. The maximum Gasteiger partial charge on any atom is 0.256 e. The summed E-state index contributed by atoms with van der Waals surface area (Å²) in [6.45, 7) is 3.29. The van der Waals surface area contributed by atoms with E-state index in [1.54, 1.807) is 21.1 Å². The summed E-state index contributed by atoms with van der Waals surface area (Å²) in [7, 11) is 3.25. The van der Waals surface area contributed by atoms with Crippen molar-refractivity contribution >= 4 is 33.7 Å². The number of ketones is 1. The number of rotatable bonds is 5. The average molecular weight is 311 g/mol. The second kappa shape index (κ2) is 6.44. The summed E-state index contributed by atoms with van der Waals surface area (Å²) >= 11 is 1.31. The van der Waals surface area contributed by atoms with Gasteiger partial charge < -0.3 is 20.7 Å². The number of nitrogens with two attached hydrogens (primary N) is 1. The van der Waals surface area contributed by atoms with Crippen molar-refractivity contribution < 1.29 is 14.3 Å². The monoisotopic (exact) mass is 311 g/mol. The van der Waals surface area contributed by atoms with E-state index in [2.05, 4.69) is 10.2 Å². The molecule has 1 atom stereocenters. The van der Waals surface area contributed by atoms with Crippen LogP contribution in [0.2, 0.25) is 0 Å². The summed E-state index contributed by atoms with van der Waals surface area (Å²) < 4.78 is 5.36. The van der Waals surface area contributed by atoms with Crippen LogP contribution in [-0.2, 0) is 4.74 Å². The van der Waals surface area contributed by atoms with Crippen LogP contribution in [0.4, 0.5) is 10.7 Å². The van der Waals surface area contributed by atoms with E-state index in [9.17, 15) is 9.59 Å². The number of nitrogen functional groups attached to an aromatic ring is 1. The number of anilines is 2. The third kappa shape index (κ3) is 2.89. The van der Waals surface area contributed by atoms with Gasteiger partial charge in [0.25, 0.3) is 5.91 Å². The SMILES string of the molecule is CCC(=O)c1sc(N2CCC(OC)C2)c(C(=O)NC)c1N. The number of ether oxygens (including phenoxy) is 1. The first-order chi connectivity index (χ1) is 10.0. The van der Waals surface area contributed by atoms with Gasteiger partial charge in [-0.05, 0) is 6.42 Å². The summed E-state index contributed by atoms with van der Waals surface area (Å²) in [5.74, 6) is -0.286. The third-order valence-corrected chi connectivity index (χ3v) is 5.03. The molecule has 21 heavy (non-hydrogen) atoms. The van der Waals surface area contributed by atoms with Crippen LogP contribution >= 0.6 is 11.3 Å². The molecule has 6 nitrogen and oxygen atoms in total. The van der Waals surface area contributed by atoms with Gasteiger partial charge in [-0.15, -0.1) is 11.3 Å². The van der Waals surface area contributed by atoms with Crippen LogP contribution in [0.5, 0.6) is 0 Å². The van der Waals surface area contributed by atoms with Crippen LogP contribution in [-0.4, -0.2) is 45.0 Å². The third-order valence-electron chi connectivity index (χ3n) is 3.72. The van der Waals surface area contributed by atoms with Gasteiger partial charge in [0.1, 0.15) is 5.00 Å². The topological polar surface area (TPSA) is 84.7 Å². The molecule has 1 unspecified atom stereocenters. The van der Waals surface area contributed by atoms with Crippen molar-refractivity contribution in [2.45, 2.75) is 25.9 Å². The summed E-state index contributed by atoms with van der Waals surface area (Å²) in [6, 6.07) is 0. The van der Waals surface area contributed by atoms with Gasteiger partial charge in [-0.25, -0.2) is 0 Å². The van der Waals surface area contributed by atoms with Crippen LogP contribution in [0.25, 0.3) is 0 Å². The van der Waals surface area contributed by atoms with Crippen molar-refractivity contribution in [2.75, 3.05) is 37.9 Å². The Morgan fingerprint density at radius 2 is 2.24 bits per heavy atom. The standard InChI is InChI=1S/C14H21N3O3S/c1-4-9(18)12-11(15)10(13(19)16-2)14(21-12)17-6-5-8(7-17)20-3/h8H,4-7,15H2,1-3H3,(H,16,19). The zero-order chi connectivity index (χ0) is 15.6. The fraction of sp³-hybridized carbons (Fsp3) is 0.571. The van der Waals surface area contributed by atoms with Gasteiger partial charge in [-0.2, -0.15) is 0 Å². The van der Waals surface area contributed by atoms with Gasteiger partial charge in [0.05, 0.1) is 22.2 Å². The molecule has 2 heterocycles.